The van der Waals surface area contributed by atoms with E-state index >= 15 is 0 Å². The lowest BCUT2D eigenvalue weighted by Crippen LogP contribution is -2.03. The fraction of sp³-hybridized carbons (Fsp3) is 0.250. The van der Waals surface area contributed by atoms with Gasteiger partial charge in [0.15, 0.2) is 0 Å². The predicted octanol–water partition coefficient (Wildman–Crippen LogP) is 2.07. The molecule has 3 N–H and O–H groups in total. The maximum absolute atomic E-state index is 8.68. The number of nitrogens with two attached hydrogens (primary N) is 1. The van der Waals surface area contributed by atoms with Crippen molar-refractivity contribution in [3.8, 4) is 16.3 Å². The third-order valence-electron chi connectivity index (χ3n) is 2.23. The number of aryl methyl sites for hydroxylation is 1. The average Bonchev–Trinajstić information content (AvgIpc) is 2.74. The van der Waals surface area contributed by atoms with Crippen molar-refractivity contribution in [3.63, 3.8) is 0 Å². The van der Waals surface area contributed by atoms with Gasteiger partial charge < -0.3 is 15.6 Å². The first-order chi connectivity index (χ1) is 8.20. The van der Waals surface area contributed by atoms with Crippen molar-refractivity contribution in [2.24, 2.45) is 0 Å². The van der Waals surface area contributed by atoms with Crippen LogP contribution in [0.5, 0.6) is 5.75 Å². The van der Waals surface area contributed by atoms with Crippen LogP contribution in [0.2, 0.25) is 0 Å². The highest BCUT2D eigenvalue weighted by molar-refractivity contribution is 7.14. The number of ether oxygens (including phenoxy) is 1. The molecule has 0 aliphatic carbocycles. The molecule has 0 bridgehead atoms. The minimum atomic E-state index is -0.0210. The van der Waals surface area contributed by atoms with Gasteiger partial charge >= 0.3 is 0 Å². The first kappa shape index (κ1) is 11.9. The van der Waals surface area contributed by atoms with Gasteiger partial charge in [-0.1, -0.05) is 0 Å². The van der Waals surface area contributed by atoms with E-state index < -0.39 is 0 Å². The fourth-order valence-electron chi connectivity index (χ4n) is 1.46. The van der Waals surface area contributed by atoms with E-state index in [0.717, 1.165) is 10.6 Å². The zero-order valence-electron chi connectivity index (χ0n) is 9.51. The van der Waals surface area contributed by atoms with Crippen LogP contribution < -0.4 is 10.5 Å². The molecule has 0 saturated carbocycles. The fourth-order valence-corrected chi connectivity index (χ4v) is 2.22. The summed E-state index contributed by atoms with van der Waals surface area (Å²) >= 11 is 1.63. The van der Waals surface area contributed by atoms with Gasteiger partial charge in [0.05, 0.1) is 12.3 Å². The molecule has 17 heavy (non-hydrogen) atoms. The summed E-state index contributed by atoms with van der Waals surface area (Å²) in [5.74, 6) is 0.594. The highest BCUT2D eigenvalue weighted by Crippen LogP contribution is 2.30. The van der Waals surface area contributed by atoms with Crippen molar-refractivity contribution in [2.45, 2.75) is 6.92 Å². The van der Waals surface area contributed by atoms with Gasteiger partial charge in [0.2, 0.25) is 0 Å². The van der Waals surface area contributed by atoms with Crippen LogP contribution in [0.25, 0.3) is 10.6 Å². The van der Waals surface area contributed by atoms with Crippen molar-refractivity contribution in [3.05, 3.63) is 29.3 Å². The van der Waals surface area contributed by atoms with Gasteiger partial charge in [-0.15, -0.1) is 11.3 Å². The highest BCUT2D eigenvalue weighted by atomic mass is 32.1. The van der Waals surface area contributed by atoms with Crippen LogP contribution in [0, 0.1) is 6.92 Å². The van der Waals surface area contributed by atoms with E-state index in [2.05, 4.69) is 4.98 Å². The molecule has 2 rings (SSSR count). The van der Waals surface area contributed by atoms with Crippen LogP contribution >= 0.6 is 11.3 Å². The topological polar surface area (TPSA) is 68.4 Å². The predicted molar refractivity (Wildman–Crippen MR) is 69.3 cm³/mol. The Morgan fingerprint density at radius 1 is 1.47 bits per heavy atom. The molecule has 1 heterocycles. The molecule has 5 heteroatoms. The lowest BCUT2D eigenvalue weighted by Gasteiger charge is -2.08. The largest absolute Gasteiger partial charge is 0.489 e. The Bertz CT molecular complexity index is 511. The molecule has 0 saturated heterocycles. The number of anilines is 1. The van der Waals surface area contributed by atoms with Crippen LogP contribution in [0.4, 0.5) is 5.69 Å². The number of hydrogen-bond acceptors (Lipinski definition) is 5. The van der Waals surface area contributed by atoms with Crippen LogP contribution in [-0.2, 0) is 0 Å². The first-order valence-electron chi connectivity index (χ1n) is 5.26. The number of rotatable bonds is 4. The molecule has 90 valence electrons. The molecule has 0 aliphatic heterocycles. The summed E-state index contributed by atoms with van der Waals surface area (Å²) < 4.78 is 5.29. The van der Waals surface area contributed by atoms with Gasteiger partial charge in [-0.3, -0.25) is 0 Å². The second-order valence-electron chi connectivity index (χ2n) is 3.60. The van der Waals surface area contributed by atoms with Gasteiger partial charge in [-0.25, -0.2) is 4.98 Å². The van der Waals surface area contributed by atoms with E-state index in [9.17, 15) is 0 Å². The van der Waals surface area contributed by atoms with Crippen LogP contribution in [0.15, 0.2) is 24.4 Å². The second-order valence-corrected chi connectivity index (χ2v) is 4.84. The summed E-state index contributed by atoms with van der Waals surface area (Å²) in [4.78, 5) is 5.47. The van der Waals surface area contributed by atoms with Crippen molar-refractivity contribution in [2.75, 3.05) is 18.9 Å². The third kappa shape index (κ3) is 2.75. The number of aliphatic hydroxyl groups is 1. The molecule has 0 unspecified atom stereocenters. The van der Waals surface area contributed by atoms with E-state index in [0.29, 0.717) is 11.4 Å². The molecule has 0 fully saturated rings. The SMILES string of the molecule is Cc1cnc(-c2ccc(OCCO)c(N)c2)s1. The molecule has 0 aliphatic rings. The quantitative estimate of drug-likeness (QED) is 0.815. The normalized spacial score (nSPS) is 10.5. The number of benzene rings is 1. The molecule has 0 amide bonds. The van der Waals surface area contributed by atoms with Crippen molar-refractivity contribution < 1.29 is 9.84 Å². The number of hydrogen-bond donors (Lipinski definition) is 2. The average molecular weight is 250 g/mol. The van der Waals surface area contributed by atoms with Gasteiger partial charge in [0.25, 0.3) is 0 Å². The summed E-state index contributed by atoms with van der Waals surface area (Å²) in [6, 6.07) is 5.56. The number of thiazole rings is 1. The van der Waals surface area contributed by atoms with Gasteiger partial charge in [0, 0.05) is 16.6 Å². The minimum absolute atomic E-state index is 0.0210. The molecule has 0 atom stereocenters. The summed E-state index contributed by atoms with van der Waals surface area (Å²) in [7, 11) is 0. The van der Waals surface area contributed by atoms with Gasteiger partial charge in [-0.2, -0.15) is 0 Å². The zero-order chi connectivity index (χ0) is 12.3. The smallest absolute Gasteiger partial charge is 0.142 e. The van der Waals surface area contributed by atoms with E-state index in [4.69, 9.17) is 15.6 Å². The molecular formula is C12H14N2O2S. The summed E-state index contributed by atoms with van der Waals surface area (Å²) in [6.45, 7) is 2.25. The van der Waals surface area contributed by atoms with Crippen LogP contribution in [-0.4, -0.2) is 23.3 Å². The van der Waals surface area contributed by atoms with Crippen molar-refractivity contribution >= 4 is 17.0 Å². The van der Waals surface area contributed by atoms with Crippen molar-refractivity contribution in [1.29, 1.82) is 0 Å². The highest BCUT2D eigenvalue weighted by Gasteiger charge is 2.06. The van der Waals surface area contributed by atoms with Crippen LogP contribution in [0.1, 0.15) is 4.88 Å². The molecule has 0 spiro atoms. The first-order valence-corrected chi connectivity index (χ1v) is 6.08. The second kappa shape index (κ2) is 5.16. The third-order valence-corrected chi connectivity index (χ3v) is 3.19. The number of nitrogen functional groups attached to an aromatic ring is 1. The number of aromatic nitrogens is 1. The summed E-state index contributed by atoms with van der Waals surface area (Å²) in [6.07, 6.45) is 1.84. The Labute approximate surface area is 104 Å². The zero-order valence-corrected chi connectivity index (χ0v) is 10.3. The maximum atomic E-state index is 8.68. The Kier molecular flexibility index (Phi) is 3.61. The molecule has 1 aromatic carbocycles. The molecule has 1 aromatic heterocycles. The van der Waals surface area contributed by atoms with Crippen molar-refractivity contribution in [1.82, 2.24) is 4.98 Å². The van der Waals surface area contributed by atoms with E-state index in [-0.39, 0.29) is 13.2 Å². The van der Waals surface area contributed by atoms with Gasteiger partial charge in [0.1, 0.15) is 17.4 Å². The molecular weight excluding hydrogens is 236 g/mol. The lowest BCUT2D eigenvalue weighted by atomic mass is 10.2. The molecule has 2 aromatic rings. The summed E-state index contributed by atoms with van der Waals surface area (Å²) in [5.41, 5.74) is 7.42. The number of aliphatic hydroxyl groups excluding tert-OH is 1. The van der Waals surface area contributed by atoms with E-state index in [1.165, 1.54) is 4.88 Å². The lowest BCUT2D eigenvalue weighted by molar-refractivity contribution is 0.202. The Morgan fingerprint density at radius 3 is 2.88 bits per heavy atom. The monoisotopic (exact) mass is 250 g/mol. The standard InChI is InChI=1S/C12H14N2O2S/c1-8-7-14-12(17-8)9-2-3-11(10(13)6-9)16-5-4-15/h2-3,6-7,15H,4-5,13H2,1H3. The van der Waals surface area contributed by atoms with Crippen LogP contribution in [0.3, 0.4) is 0 Å². The minimum Gasteiger partial charge on any atom is -0.489 e. The Balaban J connectivity index is 2.24. The van der Waals surface area contributed by atoms with E-state index in [1.54, 1.807) is 17.4 Å². The summed E-state index contributed by atoms with van der Waals surface area (Å²) in [5, 5.41) is 9.63. The number of nitrogens with zero attached hydrogens (tertiary/aromatic N) is 1. The Morgan fingerprint density at radius 2 is 2.29 bits per heavy atom. The molecule has 0 radical (unpaired) electrons. The molecule has 4 nitrogen and oxygen atoms in total. The van der Waals surface area contributed by atoms with E-state index in [1.807, 2.05) is 25.3 Å². The Hall–Kier alpha value is -1.59. The maximum Gasteiger partial charge on any atom is 0.142 e. The van der Waals surface area contributed by atoms with Gasteiger partial charge in [-0.05, 0) is 25.1 Å².